The van der Waals surface area contributed by atoms with Crippen molar-refractivity contribution < 1.29 is 13.2 Å². The Labute approximate surface area is 154 Å². The summed E-state index contributed by atoms with van der Waals surface area (Å²) in [6, 6.07) is 2.01. The van der Waals surface area contributed by atoms with Gasteiger partial charge in [-0.15, -0.1) is 0 Å². The van der Waals surface area contributed by atoms with Gasteiger partial charge in [-0.25, -0.2) is 15.0 Å². The predicted molar refractivity (Wildman–Crippen MR) is 93.2 cm³/mol. The molecule has 3 aromatic rings. The summed E-state index contributed by atoms with van der Waals surface area (Å²) in [6.45, 7) is 5.88. The van der Waals surface area contributed by atoms with Crippen LogP contribution in [0, 0.1) is 19.8 Å². The fraction of sp³-hybridized carbons (Fsp3) is 0.500. The van der Waals surface area contributed by atoms with Crippen LogP contribution in [0.4, 0.5) is 13.2 Å². The second-order valence-corrected chi connectivity index (χ2v) is 7.15. The van der Waals surface area contributed by atoms with Gasteiger partial charge in [0.15, 0.2) is 5.69 Å². The molecule has 0 aromatic carbocycles. The predicted octanol–water partition coefficient (Wildman–Crippen LogP) is 2.91. The van der Waals surface area contributed by atoms with E-state index in [0.717, 1.165) is 36.2 Å². The quantitative estimate of drug-likeness (QED) is 0.758. The van der Waals surface area contributed by atoms with Gasteiger partial charge in [-0.05, 0) is 32.3 Å². The molecule has 0 spiro atoms. The fourth-order valence-electron chi connectivity index (χ4n) is 3.74. The number of imidazole rings is 2. The first kappa shape index (κ1) is 18.0. The summed E-state index contributed by atoms with van der Waals surface area (Å²) < 4.78 is 42.1. The zero-order valence-corrected chi connectivity index (χ0v) is 15.2. The van der Waals surface area contributed by atoms with Gasteiger partial charge in [-0.2, -0.15) is 13.2 Å². The number of aromatic nitrogens is 5. The Bertz CT molecular complexity index is 972. The normalized spacial score (nSPS) is 17.4. The monoisotopic (exact) mass is 378 g/mol. The summed E-state index contributed by atoms with van der Waals surface area (Å²) in [6.07, 6.45) is -0.0461. The first-order chi connectivity index (χ1) is 12.8. The van der Waals surface area contributed by atoms with E-state index in [4.69, 9.17) is 0 Å². The second kappa shape index (κ2) is 6.63. The Kier molecular flexibility index (Phi) is 4.41. The van der Waals surface area contributed by atoms with Crippen molar-refractivity contribution in [1.82, 2.24) is 29.2 Å². The molecule has 6 nitrogen and oxygen atoms in total. The molecule has 1 aliphatic heterocycles. The van der Waals surface area contributed by atoms with Gasteiger partial charge in [-0.1, -0.05) is 0 Å². The zero-order valence-electron chi connectivity index (χ0n) is 15.2. The van der Waals surface area contributed by atoms with Crippen LogP contribution >= 0.6 is 0 Å². The molecule has 1 aliphatic rings. The highest BCUT2D eigenvalue weighted by Crippen LogP contribution is 2.30. The number of hydrogen-bond acceptors (Lipinski definition) is 4. The molecule has 0 bridgehead atoms. The Balaban J connectivity index is 1.39. The van der Waals surface area contributed by atoms with Crippen LogP contribution in [-0.2, 0) is 25.7 Å². The average molecular weight is 378 g/mol. The van der Waals surface area contributed by atoms with Crippen molar-refractivity contribution in [2.24, 2.45) is 5.92 Å². The lowest BCUT2D eigenvalue weighted by molar-refractivity contribution is -0.141. The lowest BCUT2D eigenvalue weighted by Gasteiger charge is -2.24. The van der Waals surface area contributed by atoms with Crippen LogP contribution in [0.25, 0.3) is 5.78 Å². The lowest BCUT2D eigenvalue weighted by atomic mass is 9.99. The number of rotatable bonds is 4. The first-order valence-electron chi connectivity index (χ1n) is 8.96. The van der Waals surface area contributed by atoms with Crippen molar-refractivity contribution in [3.8, 4) is 0 Å². The van der Waals surface area contributed by atoms with Gasteiger partial charge in [0.05, 0.1) is 11.9 Å². The van der Waals surface area contributed by atoms with Crippen LogP contribution in [0.1, 0.15) is 35.0 Å². The highest BCUT2D eigenvalue weighted by molar-refractivity contribution is 5.35. The Morgan fingerprint density at radius 1 is 1.26 bits per heavy atom. The molecule has 27 heavy (non-hydrogen) atoms. The molecular formula is C18H21F3N6. The van der Waals surface area contributed by atoms with Gasteiger partial charge >= 0.3 is 6.18 Å². The van der Waals surface area contributed by atoms with Crippen LogP contribution in [0.15, 0.2) is 18.5 Å². The maximum Gasteiger partial charge on any atom is 0.434 e. The number of aryl methyl sites for hydroxylation is 3. The molecule has 0 fully saturated rings. The van der Waals surface area contributed by atoms with Gasteiger partial charge < -0.3 is 9.88 Å². The molecule has 4 rings (SSSR count). The van der Waals surface area contributed by atoms with E-state index in [1.165, 1.54) is 0 Å². The third kappa shape index (κ3) is 3.55. The smallest absolute Gasteiger partial charge is 0.334 e. The highest BCUT2D eigenvalue weighted by atomic mass is 19.4. The molecule has 0 saturated heterocycles. The molecule has 4 heterocycles. The molecule has 0 amide bonds. The van der Waals surface area contributed by atoms with E-state index in [9.17, 15) is 13.2 Å². The summed E-state index contributed by atoms with van der Waals surface area (Å²) in [5.41, 5.74) is 2.23. The van der Waals surface area contributed by atoms with Gasteiger partial charge in [0.25, 0.3) is 0 Å². The van der Waals surface area contributed by atoms with Crippen molar-refractivity contribution in [3.05, 3.63) is 47.1 Å². The molecule has 0 unspecified atom stereocenters. The maximum absolute atomic E-state index is 12.8. The van der Waals surface area contributed by atoms with Crippen LogP contribution < -0.4 is 5.32 Å². The van der Waals surface area contributed by atoms with E-state index in [2.05, 4.69) is 20.3 Å². The van der Waals surface area contributed by atoms with Crippen LogP contribution in [0.3, 0.4) is 0 Å². The van der Waals surface area contributed by atoms with Crippen molar-refractivity contribution in [3.63, 3.8) is 0 Å². The van der Waals surface area contributed by atoms with Crippen molar-refractivity contribution in [1.29, 1.82) is 0 Å². The topological polar surface area (TPSA) is 60.0 Å². The van der Waals surface area contributed by atoms with Gasteiger partial charge in [0.2, 0.25) is 5.78 Å². The molecule has 0 radical (unpaired) electrons. The maximum atomic E-state index is 12.8. The summed E-state index contributed by atoms with van der Waals surface area (Å²) in [7, 11) is 0. The number of hydrogen-bond donors (Lipinski definition) is 1. The van der Waals surface area contributed by atoms with Gasteiger partial charge in [-0.3, -0.25) is 4.40 Å². The van der Waals surface area contributed by atoms with E-state index in [1.54, 1.807) is 4.57 Å². The lowest BCUT2D eigenvalue weighted by Crippen LogP contribution is -2.30. The van der Waals surface area contributed by atoms with E-state index in [0.29, 0.717) is 31.1 Å². The van der Waals surface area contributed by atoms with Crippen LogP contribution in [0.5, 0.6) is 0 Å². The van der Waals surface area contributed by atoms with Crippen LogP contribution in [0.2, 0.25) is 0 Å². The number of fused-ring (bicyclic) bond motifs is 2. The number of nitrogens with zero attached hydrogens (tertiary/aromatic N) is 5. The molecule has 9 heteroatoms. The third-order valence-corrected chi connectivity index (χ3v) is 4.98. The Morgan fingerprint density at radius 2 is 2.07 bits per heavy atom. The molecule has 0 saturated carbocycles. The molecule has 1 N–H and O–H groups in total. The summed E-state index contributed by atoms with van der Waals surface area (Å²) in [4.78, 5) is 12.5. The van der Waals surface area contributed by atoms with E-state index >= 15 is 0 Å². The Morgan fingerprint density at radius 3 is 2.85 bits per heavy atom. The minimum Gasteiger partial charge on any atom is -0.334 e. The number of halogens is 3. The van der Waals surface area contributed by atoms with Crippen LogP contribution in [-0.4, -0.2) is 30.5 Å². The fourth-order valence-corrected chi connectivity index (χ4v) is 3.74. The van der Waals surface area contributed by atoms with E-state index in [1.807, 2.05) is 30.5 Å². The largest absolute Gasteiger partial charge is 0.434 e. The van der Waals surface area contributed by atoms with Gasteiger partial charge in [0.1, 0.15) is 5.82 Å². The van der Waals surface area contributed by atoms with Gasteiger partial charge in [0, 0.05) is 43.6 Å². The summed E-state index contributed by atoms with van der Waals surface area (Å²) in [5, 5.41) is 3.41. The highest BCUT2D eigenvalue weighted by Gasteiger charge is 2.35. The molecule has 3 aromatic heterocycles. The number of nitrogens with one attached hydrogen (secondary N) is 1. The second-order valence-electron chi connectivity index (χ2n) is 7.15. The average Bonchev–Trinajstić information content (AvgIpc) is 3.18. The molecule has 1 atom stereocenters. The standard InChI is InChI=1S/C18H21F3N6/c1-11-5-12(2)27-14(8-23-17(27)24-11)7-22-6-13-3-4-16-25-15(18(19,20)21)10-26(16)9-13/h5,8,10,13,22H,3-4,6-7,9H2,1-2H3/t13-/m1/s1. The van der Waals surface area contributed by atoms with Crippen molar-refractivity contribution >= 4 is 5.78 Å². The SMILES string of the molecule is Cc1cc(C)n2c(CNC[C@H]3CCc4nc(C(F)(F)F)cn4C3)cnc2n1. The van der Waals surface area contributed by atoms with E-state index < -0.39 is 11.9 Å². The van der Waals surface area contributed by atoms with E-state index in [-0.39, 0.29) is 5.92 Å². The zero-order chi connectivity index (χ0) is 19.2. The minimum absolute atomic E-state index is 0.272. The van der Waals surface area contributed by atoms with Crippen molar-refractivity contribution in [2.45, 2.75) is 46.0 Å². The molecular weight excluding hydrogens is 357 g/mol. The summed E-state index contributed by atoms with van der Waals surface area (Å²) in [5.74, 6) is 1.48. The number of alkyl halides is 3. The summed E-state index contributed by atoms with van der Waals surface area (Å²) >= 11 is 0. The molecule has 0 aliphatic carbocycles. The minimum atomic E-state index is -4.38. The third-order valence-electron chi connectivity index (χ3n) is 4.98. The molecule has 144 valence electrons. The van der Waals surface area contributed by atoms with Crippen molar-refractivity contribution in [2.75, 3.05) is 6.54 Å². The Hall–Kier alpha value is -2.42. The first-order valence-corrected chi connectivity index (χ1v) is 8.96.